The van der Waals surface area contributed by atoms with E-state index in [1.807, 2.05) is 18.3 Å². The summed E-state index contributed by atoms with van der Waals surface area (Å²) < 4.78 is 16.3. The molecular weight excluding hydrogens is 366 g/mol. The van der Waals surface area contributed by atoms with Gasteiger partial charge in [-0.25, -0.2) is 0 Å². The minimum absolute atomic E-state index is 0.581. The van der Waals surface area contributed by atoms with Gasteiger partial charge in [0.25, 0.3) is 0 Å². The van der Waals surface area contributed by atoms with Crippen LogP contribution in [0.15, 0.2) is 35.4 Å². The van der Waals surface area contributed by atoms with Gasteiger partial charge in [0.05, 0.1) is 27.5 Å². The third-order valence-electron chi connectivity index (χ3n) is 5.34. The lowest BCUT2D eigenvalue weighted by Gasteiger charge is -2.33. The van der Waals surface area contributed by atoms with Gasteiger partial charge in [-0.05, 0) is 37.1 Å². The summed E-state index contributed by atoms with van der Waals surface area (Å²) in [5.74, 6) is 1.85. The summed E-state index contributed by atoms with van der Waals surface area (Å²) in [7, 11) is 4.85. The van der Waals surface area contributed by atoms with Crippen molar-refractivity contribution in [1.82, 2.24) is 9.91 Å². The Hall–Kier alpha value is -2.73. The summed E-state index contributed by atoms with van der Waals surface area (Å²) in [5, 5.41) is 6.77. The number of hydrogen-bond acceptors (Lipinski definition) is 6. The van der Waals surface area contributed by atoms with Crippen molar-refractivity contribution < 1.29 is 14.2 Å². The summed E-state index contributed by atoms with van der Waals surface area (Å²) in [5.41, 5.74) is 4.95. The Kier molecular flexibility index (Phi) is 6.99. The Morgan fingerprint density at radius 1 is 0.897 bits per heavy atom. The zero-order chi connectivity index (χ0) is 20.8. The second kappa shape index (κ2) is 9.65. The smallest absolute Gasteiger partial charge is 0.203 e. The molecule has 0 aliphatic carbocycles. The van der Waals surface area contributed by atoms with E-state index in [-0.39, 0.29) is 0 Å². The maximum atomic E-state index is 5.53. The van der Waals surface area contributed by atoms with Crippen molar-refractivity contribution in [2.75, 3.05) is 47.5 Å². The molecule has 2 aromatic rings. The SMILES string of the molecule is COc1ccc(/C=N/N2CCN(Cc3ccc(C)cc3C)CC2)c(OC)c1OC. The molecule has 0 spiro atoms. The first kappa shape index (κ1) is 21.0. The number of ether oxygens (including phenoxy) is 3. The molecule has 156 valence electrons. The monoisotopic (exact) mass is 397 g/mol. The van der Waals surface area contributed by atoms with Crippen LogP contribution in [0.3, 0.4) is 0 Å². The number of aryl methyl sites for hydroxylation is 2. The minimum Gasteiger partial charge on any atom is -0.493 e. The zero-order valence-electron chi connectivity index (χ0n) is 18.1. The number of nitrogens with zero attached hydrogens (tertiary/aromatic N) is 3. The van der Waals surface area contributed by atoms with Crippen molar-refractivity contribution in [2.45, 2.75) is 20.4 Å². The van der Waals surface area contributed by atoms with E-state index in [1.165, 1.54) is 16.7 Å². The average Bonchev–Trinajstić information content (AvgIpc) is 2.74. The van der Waals surface area contributed by atoms with Gasteiger partial charge in [0.15, 0.2) is 11.5 Å². The van der Waals surface area contributed by atoms with E-state index < -0.39 is 0 Å². The second-order valence-electron chi connectivity index (χ2n) is 7.33. The van der Waals surface area contributed by atoms with Crippen LogP contribution in [0.5, 0.6) is 17.2 Å². The lowest BCUT2D eigenvalue weighted by Crippen LogP contribution is -2.43. The Morgan fingerprint density at radius 3 is 2.24 bits per heavy atom. The molecule has 0 saturated carbocycles. The van der Waals surface area contributed by atoms with Crippen LogP contribution in [0, 0.1) is 13.8 Å². The fraction of sp³-hybridized carbons (Fsp3) is 0.435. The normalized spacial score (nSPS) is 15.0. The van der Waals surface area contributed by atoms with Crippen LogP contribution in [0.25, 0.3) is 0 Å². The second-order valence-corrected chi connectivity index (χ2v) is 7.33. The van der Waals surface area contributed by atoms with Crippen LogP contribution >= 0.6 is 0 Å². The van der Waals surface area contributed by atoms with Crippen molar-refractivity contribution in [1.29, 1.82) is 0 Å². The van der Waals surface area contributed by atoms with E-state index in [9.17, 15) is 0 Å². The zero-order valence-corrected chi connectivity index (χ0v) is 18.1. The summed E-state index contributed by atoms with van der Waals surface area (Å²) in [6, 6.07) is 10.5. The fourth-order valence-electron chi connectivity index (χ4n) is 3.64. The highest BCUT2D eigenvalue weighted by Crippen LogP contribution is 2.39. The molecule has 1 aliphatic heterocycles. The number of benzene rings is 2. The van der Waals surface area contributed by atoms with Crippen LogP contribution in [-0.4, -0.2) is 63.6 Å². The molecular formula is C23H31N3O3. The maximum Gasteiger partial charge on any atom is 0.203 e. The third-order valence-corrected chi connectivity index (χ3v) is 5.34. The van der Waals surface area contributed by atoms with Crippen LogP contribution < -0.4 is 14.2 Å². The Morgan fingerprint density at radius 2 is 1.62 bits per heavy atom. The molecule has 1 heterocycles. The molecule has 1 aliphatic rings. The van der Waals surface area contributed by atoms with Crippen LogP contribution in [-0.2, 0) is 6.54 Å². The van der Waals surface area contributed by atoms with Gasteiger partial charge in [0.2, 0.25) is 5.75 Å². The molecule has 6 nitrogen and oxygen atoms in total. The third kappa shape index (κ3) is 5.01. The van der Waals surface area contributed by atoms with E-state index >= 15 is 0 Å². The van der Waals surface area contributed by atoms with Gasteiger partial charge < -0.3 is 14.2 Å². The van der Waals surface area contributed by atoms with Gasteiger partial charge in [-0.15, -0.1) is 0 Å². The van der Waals surface area contributed by atoms with E-state index in [0.717, 1.165) is 38.3 Å². The molecule has 1 fully saturated rings. The van der Waals surface area contributed by atoms with Gasteiger partial charge in [-0.1, -0.05) is 23.8 Å². The van der Waals surface area contributed by atoms with Crippen LogP contribution in [0.1, 0.15) is 22.3 Å². The molecule has 0 aromatic heterocycles. The molecule has 1 saturated heterocycles. The fourth-order valence-corrected chi connectivity index (χ4v) is 3.64. The predicted molar refractivity (Wildman–Crippen MR) is 116 cm³/mol. The first-order valence-electron chi connectivity index (χ1n) is 9.92. The highest BCUT2D eigenvalue weighted by atomic mass is 16.5. The highest BCUT2D eigenvalue weighted by molar-refractivity contribution is 5.86. The summed E-state index contributed by atoms with van der Waals surface area (Å²) >= 11 is 0. The first-order valence-corrected chi connectivity index (χ1v) is 9.92. The van der Waals surface area contributed by atoms with Crippen molar-refractivity contribution in [3.05, 3.63) is 52.6 Å². The highest BCUT2D eigenvalue weighted by Gasteiger charge is 2.18. The molecule has 0 amide bonds. The lowest BCUT2D eigenvalue weighted by atomic mass is 10.1. The van der Waals surface area contributed by atoms with Gasteiger partial charge in [0, 0.05) is 38.3 Å². The topological polar surface area (TPSA) is 46.5 Å². The van der Waals surface area contributed by atoms with Crippen molar-refractivity contribution >= 4 is 6.21 Å². The molecule has 29 heavy (non-hydrogen) atoms. The van der Waals surface area contributed by atoms with Gasteiger partial charge in [0.1, 0.15) is 0 Å². The molecule has 0 atom stereocenters. The first-order chi connectivity index (χ1) is 14.0. The Balaban J connectivity index is 1.61. The van der Waals surface area contributed by atoms with Crippen molar-refractivity contribution in [3.63, 3.8) is 0 Å². The summed E-state index contributed by atoms with van der Waals surface area (Å²) in [6.07, 6.45) is 1.83. The largest absolute Gasteiger partial charge is 0.493 e. The molecule has 0 unspecified atom stereocenters. The van der Waals surface area contributed by atoms with E-state index in [0.29, 0.717) is 17.2 Å². The van der Waals surface area contributed by atoms with Crippen molar-refractivity contribution in [3.8, 4) is 17.2 Å². The lowest BCUT2D eigenvalue weighted by molar-refractivity contribution is 0.131. The van der Waals surface area contributed by atoms with Crippen LogP contribution in [0.4, 0.5) is 0 Å². The van der Waals surface area contributed by atoms with E-state index in [2.05, 4.69) is 47.1 Å². The maximum absolute atomic E-state index is 5.53. The van der Waals surface area contributed by atoms with Gasteiger partial charge in [-0.2, -0.15) is 5.10 Å². The molecule has 2 aromatic carbocycles. The Bertz CT molecular complexity index is 859. The van der Waals surface area contributed by atoms with E-state index in [1.54, 1.807) is 21.3 Å². The van der Waals surface area contributed by atoms with E-state index in [4.69, 9.17) is 14.2 Å². The number of methoxy groups -OCH3 is 3. The molecule has 0 N–H and O–H groups in total. The quantitative estimate of drug-likeness (QED) is 0.670. The summed E-state index contributed by atoms with van der Waals surface area (Å²) in [4.78, 5) is 2.49. The average molecular weight is 398 g/mol. The minimum atomic E-state index is 0.581. The van der Waals surface area contributed by atoms with Gasteiger partial charge in [-0.3, -0.25) is 9.91 Å². The predicted octanol–water partition coefficient (Wildman–Crippen LogP) is 3.48. The summed E-state index contributed by atoms with van der Waals surface area (Å²) in [6.45, 7) is 9.11. The molecule has 0 bridgehead atoms. The standard InChI is InChI=1S/C23H31N3O3/c1-17-6-7-20(18(2)14-17)16-25-10-12-26(13-11-25)24-15-19-8-9-21(27-3)23(29-5)22(19)28-4/h6-9,14-15H,10-13,16H2,1-5H3/b24-15+. The number of hydrazone groups is 1. The molecule has 6 heteroatoms. The molecule has 0 radical (unpaired) electrons. The number of hydrogen-bond donors (Lipinski definition) is 0. The number of piperazine rings is 1. The van der Waals surface area contributed by atoms with Crippen LogP contribution in [0.2, 0.25) is 0 Å². The van der Waals surface area contributed by atoms with Crippen molar-refractivity contribution in [2.24, 2.45) is 5.10 Å². The molecule has 3 rings (SSSR count). The Labute approximate surface area is 173 Å². The number of rotatable bonds is 7. The van der Waals surface area contributed by atoms with Gasteiger partial charge >= 0.3 is 0 Å².